The molecular weight excluding hydrogens is 384 g/mol. The third-order valence-corrected chi connectivity index (χ3v) is 4.33. The highest BCUT2D eigenvalue weighted by Crippen LogP contribution is 2.28. The molecule has 5 atom stereocenters. The lowest BCUT2D eigenvalue weighted by Crippen LogP contribution is -2.61. The van der Waals surface area contributed by atoms with Crippen molar-refractivity contribution in [1.82, 2.24) is 0 Å². The van der Waals surface area contributed by atoms with Gasteiger partial charge in [0.25, 0.3) is 0 Å². The van der Waals surface area contributed by atoms with E-state index in [0.717, 1.165) is 5.56 Å². The zero-order valence-corrected chi connectivity index (χ0v) is 16.4. The zero-order chi connectivity index (χ0) is 21.4. The molecule has 1 aromatic carbocycles. The molecule has 1 fully saturated rings. The second-order valence-electron chi connectivity index (χ2n) is 6.74. The number of ether oxygens (including phenoxy) is 4. The molecule has 1 saturated heterocycles. The first kappa shape index (κ1) is 23.0. The summed E-state index contributed by atoms with van der Waals surface area (Å²) in [6.07, 6.45) is -6.42. The van der Waals surface area contributed by atoms with Crippen molar-refractivity contribution in [2.75, 3.05) is 6.61 Å². The molecule has 2 N–H and O–H groups in total. The Labute approximate surface area is 168 Å². The number of Topliss-reactive ketones (excluding diaryl/α,β-unsaturated/α-hetero) is 1. The third-order valence-electron chi connectivity index (χ3n) is 4.33. The van der Waals surface area contributed by atoms with Gasteiger partial charge in [0.15, 0.2) is 18.5 Å². The second-order valence-corrected chi connectivity index (χ2v) is 6.74. The maximum absolute atomic E-state index is 12.1. The molecule has 0 unspecified atom stereocenters. The van der Waals surface area contributed by atoms with Crippen molar-refractivity contribution in [2.24, 2.45) is 0 Å². The van der Waals surface area contributed by atoms with Gasteiger partial charge in [0.05, 0.1) is 19.6 Å². The zero-order valence-electron chi connectivity index (χ0n) is 16.4. The SMILES string of the molecule is CC(=O)CCC(=O)O[C@H]1[C@H](OC(C)=O)[C@@H](OCc2ccccc2)[C@@H](O)O[C@@H]1CO. The molecule has 1 heterocycles. The monoisotopic (exact) mass is 410 g/mol. The van der Waals surface area contributed by atoms with E-state index in [0.29, 0.717) is 0 Å². The van der Waals surface area contributed by atoms with Crippen LogP contribution in [-0.4, -0.2) is 65.2 Å². The molecule has 9 heteroatoms. The molecule has 29 heavy (non-hydrogen) atoms. The Morgan fingerprint density at radius 1 is 1.00 bits per heavy atom. The summed E-state index contributed by atoms with van der Waals surface area (Å²) < 4.78 is 21.7. The van der Waals surface area contributed by atoms with Crippen molar-refractivity contribution >= 4 is 17.7 Å². The number of rotatable bonds is 9. The lowest BCUT2D eigenvalue weighted by Gasteiger charge is -2.43. The standard InChI is InChI=1S/C20H26O9/c1-12(22)8-9-16(24)29-17-15(10-21)28-20(25)19(18(17)27-13(2)23)26-11-14-6-4-3-5-7-14/h3-7,15,17-21,25H,8-11H2,1-2H3/t15-,17-,18+,19-,20+/m1/s1. The van der Waals surface area contributed by atoms with E-state index in [1.54, 1.807) is 0 Å². The average Bonchev–Trinajstić information content (AvgIpc) is 2.68. The average molecular weight is 410 g/mol. The third kappa shape index (κ3) is 6.90. The van der Waals surface area contributed by atoms with Gasteiger partial charge in [0.1, 0.15) is 18.0 Å². The minimum Gasteiger partial charge on any atom is -0.455 e. The number of aliphatic hydroxyl groups excluding tert-OH is 2. The number of hydrogen-bond donors (Lipinski definition) is 2. The normalized spacial score (nSPS) is 26.6. The van der Waals surface area contributed by atoms with Crippen LogP contribution in [0.15, 0.2) is 30.3 Å². The van der Waals surface area contributed by atoms with Crippen molar-refractivity contribution in [3.8, 4) is 0 Å². The quantitative estimate of drug-likeness (QED) is 0.559. The van der Waals surface area contributed by atoms with Gasteiger partial charge in [-0.25, -0.2) is 0 Å². The van der Waals surface area contributed by atoms with Gasteiger partial charge in [0, 0.05) is 13.3 Å². The van der Waals surface area contributed by atoms with Crippen LogP contribution in [0.5, 0.6) is 0 Å². The van der Waals surface area contributed by atoms with E-state index >= 15 is 0 Å². The fourth-order valence-corrected chi connectivity index (χ4v) is 2.94. The summed E-state index contributed by atoms with van der Waals surface area (Å²) in [5.41, 5.74) is 0.806. The number of hydrogen-bond acceptors (Lipinski definition) is 9. The van der Waals surface area contributed by atoms with Crippen LogP contribution in [0.2, 0.25) is 0 Å². The Bertz CT molecular complexity index is 690. The number of carbonyl (C=O) groups excluding carboxylic acids is 3. The number of ketones is 1. The van der Waals surface area contributed by atoms with Crippen LogP contribution >= 0.6 is 0 Å². The van der Waals surface area contributed by atoms with E-state index in [2.05, 4.69) is 0 Å². The first-order valence-electron chi connectivity index (χ1n) is 9.28. The Morgan fingerprint density at radius 2 is 1.69 bits per heavy atom. The van der Waals surface area contributed by atoms with Crippen molar-refractivity contribution in [3.05, 3.63) is 35.9 Å². The van der Waals surface area contributed by atoms with E-state index in [4.69, 9.17) is 18.9 Å². The molecule has 0 bridgehead atoms. The van der Waals surface area contributed by atoms with Gasteiger partial charge in [-0.3, -0.25) is 9.59 Å². The highest BCUT2D eigenvalue weighted by atomic mass is 16.7. The molecule has 9 nitrogen and oxygen atoms in total. The molecule has 1 aromatic rings. The minimum atomic E-state index is -1.52. The van der Waals surface area contributed by atoms with Crippen molar-refractivity contribution in [2.45, 2.75) is 64.0 Å². The van der Waals surface area contributed by atoms with Crippen LogP contribution in [0.1, 0.15) is 32.3 Å². The fraction of sp³-hybridized carbons (Fsp3) is 0.550. The number of aliphatic hydroxyl groups is 2. The maximum atomic E-state index is 12.1. The van der Waals surface area contributed by atoms with Crippen LogP contribution in [0.4, 0.5) is 0 Å². The van der Waals surface area contributed by atoms with Crippen LogP contribution in [0.3, 0.4) is 0 Å². The first-order chi connectivity index (χ1) is 13.8. The molecular formula is C20H26O9. The van der Waals surface area contributed by atoms with Crippen LogP contribution < -0.4 is 0 Å². The molecule has 0 amide bonds. The summed E-state index contributed by atoms with van der Waals surface area (Å²) in [6, 6.07) is 9.10. The molecule has 1 aliphatic rings. The highest BCUT2D eigenvalue weighted by molar-refractivity contribution is 5.81. The summed E-state index contributed by atoms with van der Waals surface area (Å²) in [6.45, 7) is 2.00. The Kier molecular flexibility index (Phi) is 8.71. The molecule has 0 saturated carbocycles. The van der Waals surface area contributed by atoms with Gasteiger partial charge < -0.3 is 34.0 Å². The lowest BCUT2D eigenvalue weighted by molar-refractivity contribution is -0.303. The molecule has 0 radical (unpaired) electrons. The van der Waals surface area contributed by atoms with Gasteiger partial charge in [-0.2, -0.15) is 0 Å². The van der Waals surface area contributed by atoms with E-state index in [9.17, 15) is 24.6 Å². The van der Waals surface area contributed by atoms with Gasteiger partial charge >= 0.3 is 11.9 Å². The number of carbonyl (C=O) groups is 3. The summed E-state index contributed by atoms with van der Waals surface area (Å²) in [5, 5.41) is 19.9. The van der Waals surface area contributed by atoms with Crippen molar-refractivity contribution in [3.63, 3.8) is 0 Å². The lowest BCUT2D eigenvalue weighted by atomic mass is 9.98. The molecule has 0 spiro atoms. The summed E-state index contributed by atoms with van der Waals surface area (Å²) >= 11 is 0. The van der Waals surface area contributed by atoms with E-state index in [-0.39, 0.29) is 25.2 Å². The second kappa shape index (κ2) is 11.0. The topological polar surface area (TPSA) is 129 Å². The number of esters is 2. The van der Waals surface area contributed by atoms with Crippen molar-refractivity contribution in [1.29, 1.82) is 0 Å². The molecule has 2 rings (SSSR count). The molecule has 160 valence electrons. The smallest absolute Gasteiger partial charge is 0.306 e. The fourth-order valence-electron chi connectivity index (χ4n) is 2.94. The van der Waals surface area contributed by atoms with Crippen LogP contribution in [0, 0.1) is 0 Å². The predicted molar refractivity (Wildman–Crippen MR) is 98.3 cm³/mol. The number of benzene rings is 1. The first-order valence-corrected chi connectivity index (χ1v) is 9.28. The Hall–Kier alpha value is -2.33. The summed E-state index contributed by atoms with van der Waals surface area (Å²) in [5.74, 6) is -1.59. The van der Waals surface area contributed by atoms with Gasteiger partial charge in [-0.1, -0.05) is 30.3 Å². The minimum absolute atomic E-state index is 0.00893. The predicted octanol–water partition coefficient (Wildman–Crippen LogP) is 0.494. The van der Waals surface area contributed by atoms with E-state index in [1.165, 1.54) is 13.8 Å². The highest BCUT2D eigenvalue weighted by Gasteiger charge is 2.50. The van der Waals surface area contributed by atoms with Gasteiger partial charge in [-0.05, 0) is 12.5 Å². The van der Waals surface area contributed by atoms with Gasteiger partial charge in [0.2, 0.25) is 0 Å². The Balaban J connectivity index is 2.18. The molecule has 0 aliphatic carbocycles. The van der Waals surface area contributed by atoms with E-state index < -0.39 is 49.3 Å². The van der Waals surface area contributed by atoms with Gasteiger partial charge in [-0.15, -0.1) is 0 Å². The maximum Gasteiger partial charge on any atom is 0.306 e. The van der Waals surface area contributed by atoms with Crippen molar-refractivity contribution < 1.29 is 43.5 Å². The molecule has 0 aromatic heterocycles. The van der Waals surface area contributed by atoms with Crippen LogP contribution in [0.25, 0.3) is 0 Å². The summed E-state index contributed by atoms with van der Waals surface area (Å²) in [4.78, 5) is 34.8. The van der Waals surface area contributed by atoms with Crippen LogP contribution in [-0.2, 0) is 39.9 Å². The Morgan fingerprint density at radius 3 is 2.28 bits per heavy atom. The molecule has 1 aliphatic heterocycles. The summed E-state index contributed by atoms with van der Waals surface area (Å²) in [7, 11) is 0. The largest absolute Gasteiger partial charge is 0.455 e. The van der Waals surface area contributed by atoms with E-state index in [1.807, 2.05) is 30.3 Å².